The number of aromatic nitrogens is 2. The summed E-state index contributed by atoms with van der Waals surface area (Å²) in [6.07, 6.45) is 7.88. The maximum Gasteiger partial charge on any atom is 0.151 e. The van der Waals surface area contributed by atoms with Gasteiger partial charge in [-0.05, 0) is 12.8 Å². The molecule has 0 aromatic carbocycles. The van der Waals surface area contributed by atoms with Crippen molar-refractivity contribution in [1.29, 1.82) is 0 Å². The van der Waals surface area contributed by atoms with Gasteiger partial charge in [-0.25, -0.2) is 4.98 Å². The summed E-state index contributed by atoms with van der Waals surface area (Å²) in [5.41, 5.74) is 6.50. The van der Waals surface area contributed by atoms with Crippen molar-refractivity contribution in [3.05, 3.63) is 18.1 Å². The fourth-order valence-electron chi connectivity index (χ4n) is 2.39. The maximum atomic E-state index is 9.49. The van der Waals surface area contributed by atoms with Gasteiger partial charge in [-0.1, -0.05) is 12.8 Å². The molecule has 0 radical (unpaired) electrons. The third kappa shape index (κ3) is 2.73. The minimum atomic E-state index is 0.152. The molecule has 0 spiro atoms. The van der Waals surface area contributed by atoms with E-state index < -0.39 is 0 Å². The lowest BCUT2D eigenvalue weighted by Gasteiger charge is -2.30. The average Bonchev–Trinajstić information content (AvgIpc) is 2.63. The Kier molecular flexibility index (Phi) is 4.28. The zero-order chi connectivity index (χ0) is 12.1. The summed E-state index contributed by atoms with van der Waals surface area (Å²) in [7, 11) is 0. The molecule has 17 heavy (non-hydrogen) atoms. The molecule has 1 unspecified atom stereocenters. The first-order chi connectivity index (χ1) is 8.36. The number of hydrogen-bond acceptors (Lipinski definition) is 5. The number of nitrogens with two attached hydrogens (primary N) is 1. The number of anilines is 1. The van der Waals surface area contributed by atoms with Crippen molar-refractivity contribution < 1.29 is 5.11 Å². The summed E-state index contributed by atoms with van der Waals surface area (Å²) < 4.78 is 0. The largest absolute Gasteiger partial charge is 0.394 e. The van der Waals surface area contributed by atoms with Crippen molar-refractivity contribution in [3.63, 3.8) is 0 Å². The Morgan fingerprint density at radius 3 is 2.88 bits per heavy atom. The van der Waals surface area contributed by atoms with Crippen LogP contribution in [0.3, 0.4) is 0 Å². The lowest BCUT2D eigenvalue weighted by atomic mass is 10.1. The highest BCUT2D eigenvalue weighted by Crippen LogP contribution is 2.24. The van der Waals surface area contributed by atoms with Gasteiger partial charge in [0, 0.05) is 25.5 Å². The van der Waals surface area contributed by atoms with Gasteiger partial charge in [-0.3, -0.25) is 4.98 Å². The van der Waals surface area contributed by atoms with Crippen LogP contribution in [0.15, 0.2) is 12.4 Å². The molecule has 0 amide bonds. The van der Waals surface area contributed by atoms with E-state index in [0.29, 0.717) is 6.54 Å². The first-order valence-corrected chi connectivity index (χ1v) is 6.24. The number of hydrogen-bond donors (Lipinski definition) is 2. The van der Waals surface area contributed by atoms with Gasteiger partial charge in [-0.15, -0.1) is 0 Å². The van der Waals surface area contributed by atoms with Crippen LogP contribution in [0.4, 0.5) is 5.82 Å². The van der Waals surface area contributed by atoms with Gasteiger partial charge in [0.2, 0.25) is 0 Å². The molecule has 1 atom stereocenters. The highest BCUT2D eigenvalue weighted by Gasteiger charge is 2.23. The monoisotopic (exact) mass is 236 g/mol. The SMILES string of the molecule is NCc1nccnc1N1CCCCCC1CO. The van der Waals surface area contributed by atoms with Gasteiger partial charge in [0.1, 0.15) is 0 Å². The van der Waals surface area contributed by atoms with Crippen molar-refractivity contribution in [2.45, 2.75) is 38.3 Å². The molecule has 0 saturated carbocycles. The van der Waals surface area contributed by atoms with Crippen LogP contribution in [0.25, 0.3) is 0 Å². The Morgan fingerprint density at radius 1 is 1.29 bits per heavy atom. The molecule has 94 valence electrons. The van der Waals surface area contributed by atoms with E-state index in [-0.39, 0.29) is 12.6 Å². The molecule has 5 heteroatoms. The topological polar surface area (TPSA) is 75.3 Å². The quantitative estimate of drug-likeness (QED) is 0.807. The zero-order valence-electron chi connectivity index (χ0n) is 10.0. The van der Waals surface area contributed by atoms with E-state index in [1.54, 1.807) is 12.4 Å². The molecule has 1 fully saturated rings. The van der Waals surface area contributed by atoms with Crippen molar-refractivity contribution in [1.82, 2.24) is 9.97 Å². The average molecular weight is 236 g/mol. The van der Waals surface area contributed by atoms with Crippen LogP contribution in [-0.4, -0.2) is 34.3 Å². The fraction of sp³-hybridized carbons (Fsp3) is 0.667. The third-order valence-electron chi connectivity index (χ3n) is 3.31. The molecule has 3 N–H and O–H groups in total. The standard InChI is InChI=1S/C12H20N4O/c13-8-11-12(15-6-5-14-11)16-7-3-1-2-4-10(16)9-17/h5-6,10,17H,1-4,7-9,13H2. The summed E-state index contributed by atoms with van der Waals surface area (Å²) in [4.78, 5) is 10.8. The van der Waals surface area contributed by atoms with E-state index in [4.69, 9.17) is 5.73 Å². The lowest BCUT2D eigenvalue weighted by molar-refractivity contribution is 0.254. The summed E-state index contributed by atoms with van der Waals surface area (Å²) in [5.74, 6) is 0.843. The molecule has 1 aliphatic rings. The zero-order valence-corrected chi connectivity index (χ0v) is 10.0. The van der Waals surface area contributed by atoms with Gasteiger partial charge in [0.25, 0.3) is 0 Å². The molecule has 0 bridgehead atoms. The van der Waals surface area contributed by atoms with Crippen molar-refractivity contribution >= 4 is 5.82 Å². The Balaban J connectivity index is 2.28. The van der Waals surface area contributed by atoms with Crippen LogP contribution in [0.1, 0.15) is 31.4 Å². The molecule has 2 rings (SSSR count). The molecular formula is C12H20N4O. The first-order valence-electron chi connectivity index (χ1n) is 6.24. The van der Waals surface area contributed by atoms with E-state index >= 15 is 0 Å². The molecule has 1 saturated heterocycles. The summed E-state index contributed by atoms with van der Waals surface area (Å²) in [6.45, 7) is 1.48. The lowest BCUT2D eigenvalue weighted by Crippen LogP contribution is -2.39. The summed E-state index contributed by atoms with van der Waals surface area (Å²) in [5, 5.41) is 9.49. The minimum Gasteiger partial charge on any atom is -0.394 e. The van der Waals surface area contributed by atoms with Crippen LogP contribution >= 0.6 is 0 Å². The van der Waals surface area contributed by atoms with E-state index in [0.717, 1.165) is 30.9 Å². The van der Waals surface area contributed by atoms with Crippen LogP contribution in [0.5, 0.6) is 0 Å². The Hall–Kier alpha value is -1.20. The maximum absolute atomic E-state index is 9.49. The molecule has 0 aliphatic carbocycles. The first kappa shape index (κ1) is 12.3. The molecular weight excluding hydrogens is 216 g/mol. The van der Waals surface area contributed by atoms with Gasteiger partial charge < -0.3 is 15.7 Å². The van der Waals surface area contributed by atoms with Crippen LogP contribution in [0.2, 0.25) is 0 Å². The Labute approximate surface area is 102 Å². The van der Waals surface area contributed by atoms with Crippen molar-refractivity contribution in [3.8, 4) is 0 Å². The van der Waals surface area contributed by atoms with E-state index in [2.05, 4.69) is 14.9 Å². The summed E-state index contributed by atoms with van der Waals surface area (Å²) >= 11 is 0. The highest BCUT2D eigenvalue weighted by molar-refractivity contribution is 5.44. The molecule has 5 nitrogen and oxygen atoms in total. The minimum absolute atomic E-state index is 0.152. The molecule has 1 aliphatic heterocycles. The fourth-order valence-corrected chi connectivity index (χ4v) is 2.39. The van der Waals surface area contributed by atoms with Gasteiger partial charge in [0.05, 0.1) is 18.3 Å². The molecule has 2 heterocycles. The highest BCUT2D eigenvalue weighted by atomic mass is 16.3. The van der Waals surface area contributed by atoms with Crippen LogP contribution < -0.4 is 10.6 Å². The van der Waals surface area contributed by atoms with Crippen molar-refractivity contribution in [2.24, 2.45) is 5.73 Å². The molecule has 1 aromatic heterocycles. The van der Waals surface area contributed by atoms with Gasteiger partial charge in [0.15, 0.2) is 5.82 Å². The molecule has 1 aromatic rings. The van der Waals surface area contributed by atoms with E-state index in [1.165, 1.54) is 12.8 Å². The number of aliphatic hydroxyl groups is 1. The van der Waals surface area contributed by atoms with Gasteiger partial charge in [-0.2, -0.15) is 0 Å². The van der Waals surface area contributed by atoms with E-state index in [1.807, 2.05) is 0 Å². The van der Waals surface area contributed by atoms with Crippen molar-refractivity contribution in [2.75, 3.05) is 18.1 Å². The van der Waals surface area contributed by atoms with E-state index in [9.17, 15) is 5.11 Å². The summed E-state index contributed by atoms with van der Waals surface area (Å²) in [6, 6.07) is 0.152. The number of aliphatic hydroxyl groups excluding tert-OH is 1. The van der Waals surface area contributed by atoms with Gasteiger partial charge >= 0.3 is 0 Å². The predicted octanol–water partition coefficient (Wildman–Crippen LogP) is 0.677. The van der Waals surface area contributed by atoms with Crippen LogP contribution in [0, 0.1) is 0 Å². The number of rotatable bonds is 3. The second kappa shape index (κ2) is 5.93. The third-order valence-corrected chi connectivity index (χ3v) is 3.31. The van der Waals surface area contributed by atoms with Crippen LogP contribution in [-0.2, 0) is 6.54 Å². The smallest absolute Gasteiger partial charge is 0.151 e. The normalized spacial score (nSPS) is 21.3. The number of nitrogens with zero attached hydrogens (tertiary/aromatic N) is 3. The second-order valence-electron chi connectivity index (χ2n) is 4.41. The second-order valence-corrected chi connectivity index (χ2v) is 4.41. The Bertz CT molecular complexity index is 358. The Morgan fingerprint density at radius 2 is 2.12 bits per heavy atom. The predicted molar refractivity (Wildman–Crippen MR) is 66.6 cm³/mol.